The predicted octanol–water partition coefficient (Wildman–Crippen LogP) is 3.92. The van der Waals surface area contributed by atoms with E-state index in [9.17, 15) is 13.2 Å². The van der Waals surface area contributed by atoms with Crippen molar-refractivity contribution in [2.75, 3.05) is 13.2 Å². The quantitative estimate of drug-likeness (QED) is 0.622. The van der Waals surface area contributed by atoms with Crippen LogP contribution in [0.5, 0.6) is 11.5 Å². The number of benzene rings is 2. The summed E-state index contributed by atoms with van der Waals surface area (Å²) in [7, 11) is 0. The molecule has 0 fully saturated rings. The van der Waals surface area contributed by atoms with Gasteiger partial charge in [0.25, 0.3) is 0 Å². The molecule has 2 aromatic rings. The van der Waals surface area contributed by atoms with Crippen LogP contribution in [0.15, 0.2) is 48.5 Å². The maximum absolute atomic E-state index is 12.5. The molecule has 0 aliphatic heterocycles. The third kappa shape index (κ3) is 7.03. The van der Waals surface area contributed by atoms with Gasteiger partial charge < -0.3 is 20.7 Å². The topological polar surface area (TPSA) is 75.7 Å². The minimum absolute atomic E-state index is 0. The van der Waals surface area contributed by atoms with Crippen molar-refractivity contribution >= 4 is 12.4 Å². The van der Waals surface area contributed by atoms with Crippen LogP contribution < -0.4 is 10.5 Å². The van der Waals surface area contributed by atoms with Crippen molar-refractivity contribution in [1.82, 2.24) is 0 Å². The number of aryl methyl sites for hydroxylation is 1. The van der Waals surface area contributed by atoms with Gasteiger partial charge in [-0.1, -0.05) is 12.1 Å². The van der Waals surface area contributed by atoms with Crippen LogP contribution >= 0.6 is 12.4 Å². The summed E-state index contributed by atoms with van der Waals surface area (Å²) in [5, 5.41) is 18.3. The summed E-state index contributed by atoms with van der Waals surface area (Å²) in [5.41, 5.74) is 5.16. The lowest BCUT2D eigenvalue weighted by Crippen LogP contribution is -2.47. The fraction of sp³-hybridized carbons (Fsp3) is 0.368. The van der Waals surface area contributed by atoms with Crippen LogP contribution in [0, 0.1) is 0 Å². The SMILES string of the molecule is Cl.NC(CO)(CO)CCCc1ccc(Oc2ccc(C(F)(F)F)cc2)cc1. The average molecular weight is 406 g/mol. The third-order valence-electron chi connectivity index (χ3n) is 4.11. The molecule has 0 saturated heterocycles. The number of nitrogens with two attached hydrogens (primary N) is 1. The van der Waals surface area contributed by atoms with Crippen LogP contribution in [0.2, 0.25) is 0 Å². The Morgan fingerprint density at radius 1 is 0.852 bits per heavy atom. The largest absolute Gasteiger partial charge is 0.457 e. The van der Waals surface area contributed by atoms with Crippen molar-refractivity contribution in [2.24, 2.45) is 5.73 Å². The van der Waals surface area contributed by atoms with E-state index in [0.717, 1.165) is 24.1 Å². The Labute approximate surface area is 162 Å². The minimum atomic E-state index is -4.37. The van der Waals surface area contributed by atoms with Crippen molar-refractivity contribution in [3.05, 3.63) is 59.7 Å². The van der Waals surface area contributed by atoms with E-state index in [1.165, 1.54) is 12.1 Å². The van der Waals surface area contributed by atoms with Gasteiger partial charge in [0, 0.05) is 0 Å². The fourth-order valence-corrected chi connectivity index (χ4v) is 2.42. The standard InChI is InChI=1S/C19H22F3NO3.ClH/c20-19(21,22)15-5-9-17(10-6-15)26-16-7-3-14(4-8-16)2-1-11-18(23,12-24)13-25;/h3-10,24-25H,1-2,11-13,23H2;1H. The lowest BCUT2D eigenvalue weighted by atomic mass is 9.94. The van der Waals surface area contributed by atoms with Crippen LogP contribution in [-0.4, -0.2) is 29.0 Å². The van der Waals surface area contributed by atoms with E-state index in [1.54, 1.807) is 12.1 Å². The third-order valence-corrected chi connectivity index (χ3v) is 4.11. The molecule has 0 radical (unpaired) electrons. The molecule has 0 unspecified atom stereocenters. The number of alkyl halides is 3. The molecule has 0 bridgehead atoms. The second-order valence-electron chi connectivity index (χ2n) is 6.30. The number of hydrogen-bond donors (Lipinski definition) is 3. The Hall–Kier alpha value is -1.80. The zero-order chi connectivity index (χ0) is 19.2. The van der Waals surface area contributed by atoms with Crippen molar-refractivity contribution in [2.45, 2.75) is 31.0 Å². The van der Waals surface area contributed by atoms with Gasteiger partial charge in [-0.3, -0.25) is 0 Å². The predicted molar refractivity (Wildman–Crippen MR) is 99.2 cm³/mol. The van der Waals surface area contributed by atoms with E-state index in [0.29, 0.717) is 24.3 Å². The summed E-state index contributed by atoms with van der Waals surface area (Å²) in [6, 6.07) is 11.7. The fourth-order valence-electron chi connectivity index (χ4n) is 2.42. The number of aliphatic hydroxyl groups excluding tert-OH is 2. The van der Waals surface area contributed by atoms with Gasteiger partial charge in [0.2, 0.25) is 0 Å². The minimum Gasteiger partial charge on any atom is -0.457 e. The highest BCUT2D eigenvalue weighted by atomic mass is 35.5. The number of aliphatic hydroxyl groups is 2. The zero-order valence-corrected chi connectivity index (χ0v) is 15.4. The molecule has 0 aliphatic rings. The van der Waals surface area contributed by atoms with E-state index < -0.39 is 17.3 Å². The monoisotopic (exact) mass is 405 g/mol. The second-order valence-corrected chi connectivity index (χ2v) is 6.30. The molecule has 4 nitrogen and oxygen atoms in total. The first kappa shape index (κ1) is 23.2. The molecule has 0 aliphatic carbocycles. The van der Waals surface area contributed by atoms with Crippen LogP contribution in [-0.2, 0) is 12.6 Å². The number of rotatable bonds is 8. The molecule has 0 aromatic heterocycles. The first-order valence-electron chi connectivity index (χ1n) is 8.20. The molecule has 8 heteroatoms. The molecule has 0 atom stereocenters. The molecule has 4 N–H and O–H groups in total. The van der Waals surface area contributed by atoms with Gasteiger partial charge >= 0.3 is 6.18 Å². The summed E-state index contributed by atoms with van der Waals surface area (Å²) >= 11 is 0. The molecule has 150 valence electrons. The normalized spacial score (nSPS) is 11.8. The summed E-state index contributed by atoms with van der Waals surface area (Å²) in [4.78, 5) is 0. The lowest BCUT2D eigenvalue weighted by Gasteiger charge is -2.24. The number of hydrogen-bond acceptors (Lipinski definition) is 4. The summed E-state index contributed by atoms with van der Waals surface area (Å²) < 4.78 is 43.1. The van der Waals surface area contributed by atoms with E-state index in [2.05, 4.69) is 0 Å². The Balaban J connectivity index is 0.00000364. The Kier molecular flexibility index (Phi) is 8.56. The van der Waals surface area contributed by atoms with E-state index in [1.807, 2.05) is 12.1 Å². The second kappa shape index (κ2) is 9.94. The highest BCUT2D eigenvalue weighted by molar-refractivity contribution is 5.85. The molecule has 2 rings (SSSR count). The Bertz CT molecular complexity index is 687. The number of ether oxygens (including phenoxy) is 1. The van der Waals surface area contributed by atoms with Gasteiger partial charge in [0.05, 0.1) is 24.3 Å². The van der Waals surface area contributed by atoms with Gasteiger partial charge in [-0.15, -0.1) is 12.4 Å². The van der Waals surface area contributed by atoms with Gasteiger partial charge in [-0.05, 0) is 61.2 Å². The smallest absolute Gasteiger partial charge is 0.416 e. The summed E-state index contributed by atoms with van der Waals surface area (Å²) in [5.74, 6) is 0.844. The zero-order valence-electron chi connectivity index (χ0n) is 14.6. The van der Waals surface area contributed by atoms with Crippen LogP contribution in [0.4, 0.5) is 13.2 Å². The first-order chi connectivity index (χ1) is 12.3. The van der Waals surface area contributed by atoms with Crippen molar-refractivity contribution < 1.29 is 28.1 Å². The molecule has 0 spiro atoms. The molecular formula is C19H23ClF3NO3. The van der Waals surface area contributed by atoms with E-state index in [4.69, 9.17) is 20.7 Å². The van der Waals surface area contributed by atoms with E-state index >= 15 is 0 Å². The van der Waals surface area contributed by atoms with Gasteiger partial charge in [-0.2, -0.15) is 13.2 Å². The maximum Gasteiger partial charge on any atom is 0.416 e. The molecule has 2 aromatic carbocycles. The molecular weight excluding hydrogens is 383 g/mol. The van der Waals surface area contributed by atoms with E-state index in [-0.39, 0.29) is 25.6 Å². The Morgan fingerprint density at radius 3 is 1.78 bits per heavy atom. The maximum atomic E-state index is 12.5. The van der Waals surface area contributed by atoms with Crippen molar-refractivity contribution in [3.8, 4) is 11.5 Å². The summed E-state index contributed by atoms with van der Waals surface area (Å²) in [6.45, 7) is -0.549. The summed E-state index contributed by atoms with van der Waals surface area (Å²) in [6.07, 6.45) is -2.45. The molecule has 0 heterocycles. The molecule has 0 saturated carbocycles. The van der Waals surface area contributed by atoms with Gasteiger partial charge in [0.1, 0.15) is 11.5 Å². The first-order valence-corrected chi connectivity index (χ1v) is 8.20. The van der Waals surface area contributed by atoms with Crippen molar-refractivity contribution in [1.29, 1.82) is 0 Å². The van der Waals surface area contributed by atoms with Crippen LogP contribution in [0.1, 0.15) is 24.0 Å². The highest BCUT2D eigenvalue weighted by Crippen LogP contribution is 2.31. The average Bonchev–Trinajstić information content (AvgIpc) is 2.63. The lowest BCUT2D eigenvalue weighted by molar-refractivity contribution is -0.137. The van der Waals surface area contributed by atoms with Crippen LogP contribution in [0.25, 0.3) is 0 Å². The van der Waals surface area contributed by atoms with Crippen molar-refractivity contribution in [3.63, 3.8) is 0 Å². The molecule has 0 amide bonds. The van der Waals surface area contributed by atoms with Gasteiger partial charge in [0.15, 0.2) is 0 Å². The molecule has 27 heavy (non-hydrogen) atoms. The van der Waals surface area contributed by atoms with Gasteiger partial charge in [-0.25, -0.2) is 0 Å². The van der Waals surface area contributed by atoms with Crippen LogP contribution in [0.3, 0.4) is 0 Å². The highest BCUT2D eigenvalue weighted by Gasteiger charge is 2.30. The number of halogens is 4. The Morgan fingerprint density at radius 2 is 1.33 bits per heavy atom.